The summed E-state index contributed by atoms with van der Waals surface area (Å²) in [5.41, 5.74) is 7.81. The van der Waals surface area contributed by atoms with Crippen LogP contribution in [0.5, 0.6) is 0 Å². The predicted octanol–water partition coefficient (Wildman–Crippen LogP) is 1.78. The highest BCUT2D eigenvalue weighted by Crippen LogP contribution is 2.09. The van der Waals surface area contributed by atoms with Crippen LogP contribution in [0.3, 0.4) is 0 Å². The fourth-order valence-corrected chi connectivity index (χ4v) is 1.69. The molecule has 0 spiro atoms. The van der Waals surface area contributed by atoms with Gasteiger partial charge in [-0.15, -0.1) is 0 Å². The second-order valence-electron chi connectivity index (χ2n) is 4.45. The minimum absolute atomic E-state index is 0.0963. The summed E-state index contributed by atoms with van der Waals surface area (Å²) in [4.78, 5) is 6.66. The summed E-state index contributed by atoms with van der Waals surface area (Å²) >= 11 is 0. The normalized spacial score (nSPS) is 12.7. The minimum Gasteiger partial charge on any atom is -0.387 e. The Labute approximate surface area is 103 Å². The number of aromatic nitrogens is 1. The number of nitrogens with zero attached hydrogens (tertiary/aromatic N) is 2. The van der Waals surface area contributed by atoms with Crippen molar-refractivity contribution >= 4 is 5.84 Å². The van der Waals surface area contributed by atoms with Crippen molar-refractivity contribution in [3.05, 3.63) is 29.6 Å². The number of nitrogens with one attached hydrogen (secondary N) is 1. The summed E-state index contributed by atoms with van der Waals surface area (Å²) in [5.74, 6) is 0.347. The zero-order valence-corrected chi connectivity index (χ0v) is 10.9. The first-order valence-corrected chi connectivity index (χ1v) is 6.01. The van der Waals surface area contributed by atoms with Crippen molar-refractivity contribution in [1.29, 1.82) is 5.41 Å². The Kier molecular flexibility index (Phi) is 5.10. The Balaban J connectivity index is 2.64. The first-order valence-electron chi connectivity index (χ1n) is 6.01. The maximum absolute atomic E-state index is 7.43. The third-order valence-electron chi connectivity index (χ3n) is 3.00. The number of nitrogens with two attached hydrogens (primary N) is 1. The van der Waals surface area contributed by atoms with E-state index >= 15 is 0 Å². The molecule has 0 saturated carbocycles. The molecule has 0 saturated heterocycles. The Hall–Kier alpha value is -1.42. The van der Waals surface area contributed by atoms with Gasteiger partial charge in [-0.25, -0.2) is 0 Å². The minimum atomic E-state index is 0.0963. The molecule has 94 valence electrons. The predicted molar refractivity (Wildman–Crippen MR) is 71.0 cm³/mol. The van der Waals surface area contributed by atoms with Crippen molar-refractivity contribution in [2.24, 2.45) is 11.7 Å². The molecule has 0 aliphatic heterocycles. The van der Waals surface area contributed by atoms with Gasteiger partial charge in [0.2, 0.25) is 0 Å². The van der Waals surface area contributed by atoms with Crippen LogP contribution in [0.2, 0.25) is 0 Å². The zero-order chi connectivity index (χ0) is 12.8. The van der Waals surface area contributed by atoms with Crippen molar-refractivity contribution in [1.82, 2.24) is 9.88 Å². The third kappa shape index (κ3) is 4.15. The first kappa shape index (κ1) is 13.6. The quantitative estimate of drug-likeness (QED) is 0.582. The second-order valence-corrected chi connectivity index (χ2v) is 4.45. The van der Waals surface area contributed by atoms with Crippen molar-refractivity contribution in [2.75, 3.05) is 13.1 Å². The monoisotopic (exact) mass is 234 g/mol. The molecule has 1 aromatic heterocycles. The molecular formula is C13H22N4. The van der Waals surface area contributed by atoms with Crippen molar-refractivity contribution in [3.63, 3.8) is 0 Å². The highest BCUT2D eigenvalue weighted by Gasteiger charge is 2.12. The first-order chi connectivity index (χ1) is 8.04. The zero-order valence-electron chi connectivity index (χ0n) is 10.9. The van der Waals surface area contributed by atoms with Gasteiger partial charge < -0.3 is 5.73 Å². The molecule has 0 bridgehead atoms. The smallest absolute Gasteiger partial charge is 0.0947 e. The van der Waals surface area contributed by atoms with E-state index in [2.05, 4.69) is 29.8 Å². The van der Waals surface area contributed by atoms with E-state index in [1.807, 2.05) is 19.2 Å². The largest absolute Gasteiger partial charge is 0.387 e. The maximum atomic E-state index is 7.43. The van der Waals surface area contributed by atoms with Crippen LogP contribution in [-0.4, -0.2) is 28.8 Å². The van der Waals surface area contributed by atoms with Crippen LogP contribution in [0.4, 0.5) is 0 Å². The molecule has 0 aliphatic carbocycles. The molecule has 17 heavy (non-hydrogen) atoms. The second kappa shape index (κ2) is 6.35. The lowest BCUT2D eigenvalue weighted by molar-refractivity contribution is 0.259. The molecule has 0 radical (unpaired) electrons. The molecule has 1 atom stereocenters. The van der Waals surface area contributed by atoms with E-state index in [0.717, 1.165) is 25.3 Å². The van der Waals surface area contributed by atoms with Gasteiger partial charge >= 0.3 is 0 Å². The van der Waals surface area contributed by atoms with Crippen LogP contribution in [0.1, 0.15) is 25.1 Å². The van der Waals surface area contributed by atoms with E-state index in [-0.39, 0.29) is 11.8 Å². The number of aryl methyl sites for hydroxylation is 1. The van der Waals surface area contributed by atoms with Crippen LogP contribution in [0, 0.1) is 18.3 Å². The lowest BCUT2D eigenvalue weighted by Crippen LogP contribution is -2.34. The van der Waals surface area contributed by atoms with Crippen molar-refractivity contribution in [2.45, 2.75) is 27.3 Å². The van der Waals surface area contributed by atoms with Gasteiger partial charge in [0.15, 0.2) is 0 Å². The average molecular weight is 234 g/mol. The molecular weight excluding hydrogens is 212 g/mol. The molecule has 1 rings (SSSR count). The molecule has 0 fully saturated rings. The van der Waals surface area contributed by atoms with E-state index in [9.17, 15) is 0 Å². The molecule has 3 N–H and O–H groups in total. The number of amidine groups is 1. The van der Waals surface area contributed by atoms with Crippen molar-refractivity contribution in [3.8, 4) is 0 Å². The van der Waals surface area contributed by atoms with Gasteiger partial charge in [0.25, 0.3) is 0 Å². The number of rotatable bonds is 6. The van der Waals surface area contributed by atoms with Gasteiger partial charge in [-0.05, 0) is 25.1 Å². The van der Waals surface area contributed by atoms with Crippen LogP contribution in [-0.2, 0) is 6.54 Å². The van der Waals surface area contributed by atoms with E-state index in [4.69, 9.17) is 11.1 Å². The summed E-state index contributed by atoms with van der Waals surface area (Å²) in [6, 6.07) is 4.03. The Morgan fingerprint density at radius 3 is 2.82 bits per heavy atom. The van der Waals surface area contributed by atoms with Gasteiger partial charge in [-0.2, -0.15) is 0 Å². The SMILES string of the molecule is CCN(Cc1ncccc1C)CC(C)C(=N)N. The Morgan fingerprint density at radius 1 is 1.59 bits per heavy atom. The summed E-state index contributed by atoms with van der Waals surface area (Å²) in [6.07, 6.45) is 1.82. The van der Waals surface area contributed by atoms with Gasteiger partial charge in [-0.3, -0.25) is 15.3 Å². The average Bonchev–Trinajstić information content (AvgIpc) is 2.30. The van der Waals surface area contributed by atoms with Gasteiger partial charge in [-0.1, -0.05) is 19.9 Å². The highest BCUT2D eigenvalue weighted by molar-refractivity contribution is 5.79. The number of hydrogen-bond donors (Lipinski definition) is 2. The third-order valence-corrected chi connectivity index (χ3v) is 3.00. The number of pyridine rings is 1. The summed E-state index contributed by atoms with van der Waals surface area (Å²) in [6.45, 7) is 8.74. The maximum Gasteiger partial charge on any atom is 0.0947 e. The van der Waals surface area contributed by atoms with Crippen molar-refractivity contribution < 1.29 is 0 Å². The Bertz CT molecular complexity index is 375. The fourth-order valence-electron chi connectivity index (χ4n) is 1.69. The summed E-state index contributed by atoms with van der Waals surface area (Å²) < 4.78 is 0. The van der Waals surface area contributed by atoms with E-state index < -0.39 is 0 Å². The Morgan fingerprint density at radius 2 is 2.29 bits per heavy atom. The van der Waals surface area contributed by atoms with E-state index in [0.29, 0.717) is 0 Å². The molecule has 1 heterocycles. The van der Waals surface area contributed by atoms with Gasteiger partial charge in [0, 0.05) is 25.2 Å². The van der Waals surface area contributed by atoms with Gasteiger partial charge in [0.05, 0.1) is 11.5 Å². The lowest BCUT2D eigenvalue weighted by atomic mass is 10.1. The van der Waals surface area contributed by atoms with Crippen LogP contribution in [0.25, 0.3) is 0 Å². The molecule has 1 aromatic rings. The lowest BCUT2D eigenvalue weighted by Gasteiger charge is -2.23. The van der Waals surface area contributed by atoms with E-state index in [1.165, 1.54) is 5.56 Å². The van der Waals surface area contributed by atoms with Crippen LogP contribution >= 0.6 is 0 Å². The topological polar surface area (TPSA) is 66.0 Å². The summed E-state index contributed by atoms with van der Waals surface area (Å²) in [5, 5.41) is 7.43. The van der Waals surface area contributed by atoms with E-state index in [1.54, 1.807) is 0 Å². The number of hydrogen-bond acceptors (Lipinski definition) is 3. The molecule has 1 unspecified atom stereocenters. The molecule has 4 heteroatoms. The molecule has 4 nitrogen and oxygen atoms in total. The summed E-state index contributed by atoms with van der Waals surface area (Å²) in [7, 11) is 0. The fraction of sp³-hybridized carbons (Fsp3) is 0.538. The molecule has 0 aromatic carbocycles. The standard InChI is InChI=1S/C13H22N4/c1-4-17(8-11(3)13(14)15)9-12-10(2)6-5-7-16-12/h5-7,11H,4,8-9H2,1-3H3,(H3,14,15). The molecule has 0 aliphatic rings. The highest BCUT2D eigenvalue weighted by atomic mass is 15.1. The van der Waals surface area contributed by atoms with Crippen LogP contribution < -0.4 is 5.73 Å². The molecule has 0 amide bonds. The van der Waals surface area contributed by atoms with Crippen LogP contribution in [0.15, 0.2) is 18.3 Å². The van der Waals surface area contributed by atoms with Gasteiger partial charge in [0.1, 0.15) is 0 Å².